The van der Waals surface area contributed by atoms with Gasteiger partial charge in [0.05, 0.1) is 13.4 Å². The molecule has 1 saturated heterocycles. The first-order valence-electron chi connectivity index (χ1n) is 13.8. The summed E-state index contributed by atoms with van der Waals surface area (Å²) in [5, 5.41) is 54.2. The molecule has 17 heteroatoms. The van der Waals surface area contributed by atoms with E-state index in [9.17, 15) is 15.3 Å². The number of aliphatic hydroxyl groups is 3. The van der Waals surface area contributed by atoms with Gasteiger partial charge in [0.15, 0.2) is 29.3 Å². The molecule has 1 fully saturated rings. The van der Waals surface area contributed by atoms with E-state index in [1.54, 1.807) is 16.5 Å². The third kappa shape index (κ3) is 7.34. The summed E-state index contributed by atoms with van der Waals surface area (Å²) in [4.78, 5) is 25.3. The number of ether oxygens (including phenoxy) is 1. The summed E-state index contributed by atoms with van der Waals surface area (Å²) in [5.74, 6) is 0.873. The Morgan fingerprint density at radius 2 is 1.84 bits per heavy atom. The molecule has 1 aliphatic heterocycles. The Balaban J connectivity index is 0.00000128. The quantitative estimate of drug-likeness (QED) is 0.0779. The first-order chi connectivity index (χ1) is 21.8. The number of benzene rings is 2. The summed E-state index contributed by atoms with van der Waals surface area (Å²) in [5.41, 5.74) is 2.96. The van der Waals surface area contributed by atoms with Crippen LogP contribution >= 0.6 is 22.6 Å². The number of carbonyl (C=O) groups is 1. The lowest BCUT2D eigenvalue weighted by atomic mass is 10.1. The van der Waals surface area contributed by atoms with Crippen LogP contribution in [0.2, 0.25) is 0 Å². The maximum Gasteiger partial charge on any atom is 0.290 e. The maximum absolute atomic E-state index is 11.0. The molecule has 4 heterocycles. The van der Waals surface area contributed by atoms with Crippen LogP contribution in [-0.4, -0.2) is 92.1 Å². The van der Waals surface area contributed by atoms with Gasteiger partial charge in [-0.25, -0.2) is 4.98 Å². The molecule has 4 atom stereocenters. The van der Waals surface area contributed by atoms with Crippen LogP contribution in [0.3, 0.4) is 0 Å². The van der Waals surface area contributed by atoms with Crippen molar-refractivity contribution in [3.8, 4) is 0 Å². The van der Waals surface area contributed by atoms with Gasteiger partial charge in [-0.1, -0.05) is 42.5 Å². The molecule has 0 unspecified atom stereocenters. The van der Waals surface area contributed by atoms with E-state index in [2.05, 4.69) is 54.4 Å². The zero-order valence-corrected chi connectivity index (χ0v) is 26.2. The third-order valence-electron chi connectivity index (χ3n) is 7.02. The van der Waals surface area contributed by atoms with Crippen LogP contribution in [0.15, 0.2) is 60.9 Å². The molecule has 3 aromatic heterocycles. The average molecular weight is 731 g/mol. The van der Waals surface area contributed by atoms with Gasteiger partial charge >= 0.3 is 0 Å². The van der Waals surface area contributed by atoms with E-state index in [4.69, 9.17) is 24.6 Å². The van der Waals surface area contributed by atoms with Gasteiger partial charge in [-0.15, -0.1) is 10.2 Å². The minimum Gasteiger partial charge on any atom is -0.483 e. The number of nitrogens with one attached hydrogen (secondary N) is 1. The SMILES string of the molecule is Cn1nnc([C@H]2O[C@@H](n3cnc4c(NCc5cccc(I)c5)nc(N(CO)CCc5ccccc5)nc43)[C@H](O)[C@@H]2O)n1.O=CO. The van der Waals surface area contributed by atoms with E-state index in [-0.39, 0.29) is 25.0 Å². The van der Waals surface area contributed by atoms with Crippen LogP contribution < -0.4 is 10.2 Å². The number of imidazole rings is 1. The second-order valence-electron chi connectivity index (χ2n) is 9.99. The van der Waals surface area contributed by atoms with Gasteiger partial charge in [0, 0.05) is 16.7 Å². The number of tetrazole rings is 1. The van der Waals surface area contributed by atoms with Gasteiger partial charge in [0.1, 0.15) is 18.9 Å². The van der Waals surface area contributed by atoms with Crippen molar-refractivity contribution in [2.75, 3.05) is 23.5 Å². The molecule has 6 rings (SSSR count). The minimum absolute atomic E-state index is 0.151. The summed E-state index contributed by atoms with van der Waals surface area (Å²) in [6.45, 7) is 0.364. The molecular formula is C28H31IN10O6. The first kappa shape index (κ1) is 32.1. The van der Waals surface area contributed by atoms with E-state index >= 15 is 0 Å². The number of aliphatic hydroxyl groups excluding tert-OH is 3. The third-order valence-corrected chi connectivity index (χ3v) is 7.69. The molecule has 2 aromatic carbocycles. The summed E-state index contributed by atoms with van der Waals surface area (Å²) >= 11 is 2.27. The monoisotopic (exact) mass is 730 g/mol. The van der Waals surface area contributed by atoms with Crippen molar-refractivity contribution in [3.63, 3.8) is 0 Å². The highest BCUT2D eigenvalue weighted by Crippen LogP contribution is 2.39. The topological polar surface area (TPSA) is 210 Å². The maximum atomic E-state index is 11.0. The van der Waals surface area contributed by atoms with Crippen molar-refractivity contribution >= 4 is 52.0 Å². The fourth-order valence-corrected chi connectivity index (χ4v) is 5.45. The zero-order valence-electron chi connectivity index (χ0n) is 24.0. The second kappa shape index (κ2) is 14.7. The molecule has 0 amide bonds. The molecule has 45 heavy (non-hydrogen) atoms. The number of carboxylic acid groups (broad SMARTS) is 1. The Bertz CT molecular complexity index is 1720. The summed E-state index contributed by atoms with van der Waals surface area (Å²) < 4.78 is 8.71. The van der Waals surface area contributed by atoms with Gasteiger partial charge in [-0.3, -0.25) is 9.36 Å². The number of aryl methyl sites for hydroxylation is 1. The van der Waals surface area contributed by atoms with Gasteiger partial charge in [-0.05, 0) is 57.5 Å². The summed E-state index contributed by atoms with van der Waals surface area (Å²) in [6, 6.07) is 18.0. The first-order valence-corrected chi connectivity index (χ1v) is 14.9. The lowest BCUT2D eigenvalue weighted by molar-refractivity contribution is -0.122. The molecule has 16 nitrogen and oxygen atoms in total. The Morgan fingerprint density at radius 1 is 1.09 bits per heavy atom. The number of aromatic nitrogens is 8. The molecule has 5 aromatic rings. The van der Waals surface area contributed by atoms with Crippen LogP contribution in [-0.2, 0) is 29.5 Å². The largest absolute Gasteiger partial charge is 0.483 e. The highest BCUT2D eigenvalue weighted by atomic mass is 127. The number of rotatable bonds is 10. The number of halogens is 1. The zero-order chi connectivity index (χ0) is 31.9. The fraction of sp³-hybridized carbons (Fsp3) is 0.321. The highest BCUT2D eigenvalue weighted by Gasteiger charge is 2.47. The average Bonchev–Trinajstić information content (AvgIpc) is 3.74. The standard InChI is InChI=1S/C27H29IN10O4.CH2O2/c1-36-34-24(33-35-36)22-20(40)21(41)26(42-22)38-14-30-19-23(29-13-17-8-5-9-18(28)12-17)31-27(32-25(19)38)37(15-39)11-10-16-6-3-2-4-7-16;2-1-3/h2-9,12,14,20-22,26,39-41H,10-11,13,15H2,1H3,(H,29,31,32);1H,(H,2,3)/t20-,21+,22-,26+;/m0./s1. The van der Waals surface area contributed by atoms with E-state index < -0.39 is 24.5 Å². The molecule has 0 aliphatic carbocycles. The number of nitrogens with zero attached hydrogens (tertiary/aromatic N) is 9. The lowest BCUT2D eigenvalue weighted by Gasteiger charge is -2.22. The van der Waals surface area contributed by atoms with Crippen LogP contribution in [0.5, 0.6) is 0 Å². The van der Waals surface area contributed by atoms with Crippen molar-refractivity contribution in [2.45, 2.75) is 37.5 Å². The Hall–Kier alpha value is -4.30. The normalized spacial score (nSPS) is 19.2. The molecule has 1 aliphatic rings. The van der Waals surface area contributed by atoms with Crippen molar-refractivity contribution in [1.29, 1.82) is 0 Å². The Labute approximate surface area is 270 Å². The number of anilines is 2. The van der Waals surface area contributed by atoms with Crippen molar-refractivity contribution in [3.05, 3.63) is 81.4 Å². The number of fused-ring (bicyclic) bond motifs is 1. The van der Waals surface area contributed by atoms with E-state index in [0.717, 1.165) is 14.7 Å². The van der Waals surface area contributed by atoms with Crippen LogP contribution in [0.1, 0.15) is 29.3 Å². The van der Waals surface area contributed by atoms with Gasteiger partial charge in [0.25, 0.3) is 6.47 Å². The van der Waals surface area contributed by atoms with Gasteiger partial charge in [0.2, 0.25) is 11.8 Å². The van der Waals surface area contributed by atoms with Crippen LogP contribution in [0.4, 0.5) is 11.8 Å². The summed E-state index contributed by atoms with van der Waals surface area (Å²) in [7, 11) is 1.60. The van der Waals surface area contributed by atoms with Gasteiger partial charge < -0.3 is 35.4 Å². The highest BCUT2D eigenvalue weighted by molar-refractivity contribution is 14.1. The Morgan fingerprint density at radius 3 is 2.53 bits per heavy atom. The predicted octanol–water partition coefficient (Wildman–Crippen LogP) is 1.26. The lowest BCUT2D eigenvalue weighted by Crippen LogP contribution is -2.30. The van der Waals surface area contributed by atoms with E-state index in [0.29, 0.717) is 36.5 Å². The molecule has 0 spiro atoms. The molecule has 0 radical (unpaired) electrons. The minimum atomic E-state index is -1.33. The molecular weight excluding hydrogens is 699 g/mol. The summed E-state index contributed by atoms with van der Waals surface area (Å²) in [6.07, 6.45) is -2.54. The van der Waals surface area contributed by atoms with Crippen molar-refractivity contribution < 1.29 is 30.0 Å². The molecule has 5 N–H and O–H groups in total. The van der Waals surface area contributed by atoms with Crippen LogP contribution in [0.25, 0.3) is 11.2 Å². The van der Waals surface area contributed by atoms with Crippen molar-refractivity contribution in [2.24, 2.45) is 7.05 Å². The second-order valence-corrected chi connectivity index (χ2v) is 11.2. The van der Waals surface area contributed by atoms with E-state index in [1.165, 1.54) is 11.1 Å². The number of hydrogen-bond acceptors (Lipinski definition) is 13. The molecule has 0 bridgehead atoms. The van der Waals surface area contributed by atoms with E-state index in [1.807, 2.05) is 48.5 Å². The van der Waals surface area contributed by atoms with Gasteiger partial charge in [-0.2, -0.15) is 14.8 Å². The Kier molecular flexibility index (Phi) is 10.5. The fourth-order valence-electron chi connectivity index (χ4n) is 4.85. The smallest absolute Gasteiger partial charge is 0.290 e. The van der Waals surface area contributed by atoms with Crippen molar-refractivity contribution in [1.82, 2.24) is 39.7 Å². The molecule has 0 saturated carbocycles. The number of hydrogen-bond donors (Lipinski definition) is 5. The van der Waals surface area contributed by atoms with Crippen LogP contribution in [0, 0.1) is 3.57 Å². The predicted molar refractivity (Wildman–Crippen MR) is 169 cm³/mol. The molecule has 236 valence electrons.